The summed E-state index contributed by atoms with van der Waals surface area (Å²) in [5, 5.41) is 3.89. The van der Waals surface area contributed by atoms with Gasteiger partial charge in [0.25, 0.3) is 0 Å². The molecule has 0 atom stereocenters. The second-order valence-electron chi connectivity index (χ2n) is 2.80. The summed E-state index contributed by atoms with van der Waals surface area (Å²) in [6.07, 6.45) is 1.68. The van der Waals surface area contributed by atoms with E-state index >= 15 is 0 Å². The molecule has 0 aliphatic carbocycles. The highest BCUT2D eigenvalue weighted by molar-refractivity contribution is 5.86. The van der Waals surface area contributed by atoms with Crippen LogP contribution in [0.5, 0.6) is 0 Å². The van der Waals surface area contributed by atoms with Crippen LogP contribution in [-0.2, 0) is 9.53 Å². The molecule has 15 heavy (non-hydrogen) atoms. The van der Waals surface area contributed by atoms with E-state index in [1.54, 1.807) is 6.92 Å². The van der Waals surface area contributed by atoms with Crippen LogP contribution in [0, 0.1) is 0 Å². The van der Waals surface area contributed by atoms with Gasteiger partial charge < -0.3 is 4.74 Å². The molecule has 4 heteroatoms. The molecule has 1 aromatic carbocycles. The second kappa shape index (κ2) is 6.59. The Bertz CT molecular complexity index is 323. The summed E-state index contributed by atoms with van der Waals surface area (Å²) in [5.74, 6) is -0.267. The van der Waals surface area contributed by atoms with Crippen LogP contribution < -0.4 is 5.43 Å². The number of carbonyl (C=O) groups excluding carboxylic acids is 1. The molecule has 0 amide bonds. The summed E-state index contributed by atoms with van der Waals surface area (Å²) < 4.78 is 4.74. The van der Waals surface area contributed by atoms with Crippen molar-refractivity contribution in [3.63, 3.8) is 0 Å². The van der Waals surface area contributed by atoms with Gasteiger partial charge in [0.05, 0.1) is 18.7 Å². The topological polar surface area (TPSA) is 50.7 Å². The van der Waals surface area contributed by atoms with E-state index in [2.05, 4.69) is 10.5 Å². The fourth-order valence-corrected chi connectivity index (χ4v) is 0.973. The van der Waals surface area contributed by atoms with Gasteiger partial charge >= 0.3 is 5.97 Å². The average Bonchev–Trinajstić information content (AvgIpc) is 2.26. The van der Waals surface area contributed by atoms with Gasteiger partial charge in [0.1, 0.15) is 0 Å². The standard InChI is InChI=1S/C11H14N2O2/c1-2-15-11(14)8-9-12-13-10-6-4-3-5-7-10/h3-7,9,13H,2,8H2,1H3. The minimum absolute atomic E-state index is 0.188. The van der Waals surface area contributed by atoms with E-state index in [9.17, 15) is 4.79 Å². The van der Waals surface area contributed by atoms with Crippen molar-refractivity contribution in [3.05, 3.63) is 30.3 Å². The number of hydrazone groups is 1. The lowest BCUT2D eigenvalue weighted by molar-refractivity contribution is -0.141. The van der Waals surface area contributed by atoms with Crippen molar-refractivity contribution in [2.75, 3.05) is 12.0 Å². The monoisotopic (exact) mass is 206 g/mol. The Balaban J connectivity index is 2.26. The maximum atomic E-state index is 10.9. The zero-order valence-corrected chi connectivity index (χ0v) is 8.64. The van der Waals surface area contributed by atoms with Crippen LogP contribution in [0.15, 0.2) is 35.4 Å². The van der Waals surface area contributed by atoms with Crippen LogP contribution in [-0.4, -0.2) is 18.8 Å². The number of nitrogens with zero attached hydrogens (tertiary/aromatic N) is 1. The molecule has 0 heterocycles. The fourth-order valence-electron chi connectivity index (χ4n) is 0.973. The van der Waals surface area contributed by atoms with E-state index < -0.39 is 0 Å². The van der Waals surface area contributed by atoms with Gasteiger partial charge in [0, 0.05) is 6.21 Å². The molecule has 0 fully saturated rings. The molecular formula is C11H14N2O2. The van der Waals surface area contributed by atoms with Crippen molar-refractivity contribution in [3.8, 4) is 0 Å². The molecule has 0 aliphatic heterocycles. The first-order valence-corrected chi connectivity index (χ1v) is 4.81. The number of nitrogens with one attached hydrogen (secondary N) is 1. The second-order valence-corrected chi connectivity index (χ2v) is 2.80. The normalized spacial score (nSPS) is 10.2. The van der Waals surface area contributed by atoms with Gasteiger partial charge in [-0.05, 0) is 19.1 Å². The first kappa shape index (κ1) is 11.2. The van der Waals surface area contributed by atoms with Crippen LogP contribution in [0.2, 0.25) is 0 Å². The summed E-state index contributed by atoms with van der Waals surface area (Å²) in [4.78, 5) is 10.9. The lowest BCUT2D eigenvalue weighted by Gasteiger charge is -1.98. The van der Waals surface area contributed by atoms with Crippen LogP contribution in [0.4, 0.5) is 5.69 Å². The smallest absolute Gasteiger partial charge is 0.311 e. The molecule has 0 aromatic heterocycles. The van der Waals surface area contributed by atoms with Crippen molar-refractivity contribution in [1.82, 2.24) is 0 Å². The van der Waals surface area contributed by atoms with Gasteiger partial charge in [-0.25, -0.2) is 0 Å². The molecule has 0 bridgehead atoms. The third-order valence-corrected chi connectivity index (χ3v) is 1.62. The summed E-state index contributed by atoms with van der Waals surface area (Å²) in [6, 6.07) is 9.52. The molecule has 0 saturated heterocycles. The van der Waals surface area contributed by atoms with Crippen LogP contribution in [0.3, 0.4) is 0 Å². The Morgan fingerprint density at radius 1 is 1.47 bits per heavy atom. The first-order valence-electron chi connectivity index (χ1n) is 4.81. The number of rotatable bonds is 5. The maximum absolute atomic E-state index is 10.9. The molecule has 0 aliphatic rings. The Hall–Kier alpha value is -1.84. The molecule has 0 unspecified atom stereocenters. The van der Waals surface area contributed by atoms with Gasteiger partial charge in [-0.3, -0.25) is 10.2 Å². The average molecular weight is 206 g/mol. The van der Waals surface area contributed by atoms with Crippen molar-refractivity contribution in [2.24, 2.45) is 5.10 Å². The highest BCUT2D eigenvalue weighted by Crippen LogP contribution is 2.03. The van der Waals surface area contributed by atoms with Gasteiger partial charge in [-0.15, -0.1) is 0 Å². The lowest BCUT2D eigenvalue weighted by atomic mass is 10.3. The molecule has 80 valence electrons. The van der Waals surface area contributed by atoms with E-state index in [4.69, 9.17) is 4.74 Å². The number of carbonyl (C=O) groups is 1. The van der Waals surface area contributed by atoms with Crippen LogP contribution in [0.25, 0.3) is 0 Å². The largest absolute Gasteiger partial charge is 0.466 e. The van der Waals surface area contributed by atoms with Crippen LogP contribution in [0.1, 0.15) is 13.3 Å². The van der Waals surface area contributed by atoms with Crippen molar-refractivity contribution < 1.29 is 9.53 Å². The first-order chi connectivity index (χ1) is 7.33. The molecule has 1 rings (SSSR count). The molecule has 1 aromatic rings. The predicted molar refractivity (Wildman–Crippen MR) is 59.8 cm³/mol. The SMILES string of the molecule is CCOC(=O)CC=NNc1ccccc1. The lowest BCUT2D eigenvalue weighted by Crippen LogP contribution is -2.04. The fraction of sp³-hybridized carbons (Fsp3) is 0.273. The van der Waals surface area contributed by atoms with E-state index in [0.29, 0.717) is 6.61 Å². The summed E-state index contributed by atoms with van der Waals surface area (Å²) in [5.41, 5.74) is 3.69. The predicted octanol–water partition coefficient (Wildman–Crippen LogP) is 2.04. The number of hydrogen-bond donors (Lipinski definition) is 1. The summed E-state index contributed by atoms with van der Waals surface area (Å²) >= 11 is 0. The Kier molecular flexibility index (Phi) is 4.94. The van der Waals surface area contributed by atoms with Crippen molar-refractivity contribution in [2.45, 2.75) is 13.3 Å². The number of hydrogen-bond acceptors (Lipinski definition) is 4. The molecule has 0 radical (unpaired) electrons. The third kappa shape index (κ3) is 4.81. The van der Waals surface area contributed by atoms with Gasteiger partial charge in [0.2, 0.25) is 0 Å². The number of anilines is 1. The molecule has 1 N–H and O–H groups in total. The van der Waals surface area contributed by atoms with Gasteiger partial charge in [-0.2, -0.15) is 5.10 Å². The van der Waals surface area contributed by atoms with Gasteiger partial charge in [-0.1, -0.05) is 18.2 Å². The number of esters is 1. The van der Waals surface area contributed by atoms with Gasteiger partial charge in [0.15, 0.2) is 0 Å². The van der Waals surface area contributed by atoms with Crippen molar-refractivity contribution >= 4 is 17.9 Å². The minimum atomic E-state index is -0.267. The quantitative estimate of drug-likeness (QED) is 0.455. The van der Waals surface area contributed by atoms with E-state index in [-0.39, 0.29) is 12.4 Å². The zero-order valence-electron chi connectivity index (χ0n) is 8.64. The third-order valence-electron chi connectivity index (χ3n) is 1.62. The highest BCUT2D eigenvalue weighted by atomic mass is 16.5. The summed E-state index contributed by atoms with van der Waals surface area (Å²) in [6.45, 7) is 2.18. The van der Waals surface area contributed by atoms with Crippen LogP contribution >= 0.6 is 0 Å². The molecule has 0 saturated carbocycles. The molecule has 4 nitrogen and oxygen atoms in total. The minimum Gasteiger partial charge on any atom is -0.466 e. The van der Waals surface area contributed by atoms with E-state index in [1.165, 1.54) is 6.21 Å². The molecule has 0 spiro atoms. The van der Waals surface area contributed by atoms with Crippen molar-refractivity contribution in [1.29, 1.82) is 0 Å². The Morgan fingerprint density at radius 3 is 2.87 bits per heavy atom. The molecular weight excluding hydrogens is 192 g/mol. The number of ether oxygens (including phenoxy) is 1. The Morgan fingerprint density at radius 2 is 2.20 bits per heavy atom. The maximum Gasteiger partial charge on any atom is 0.311 e. The number of benzene rings is 1. The summed E-state index contributed by atoms with van der Waals surface area (Å²) in [7, 11) is 0. The zero-order chi connectivity index (χ0) is 10.9. The number of para-hydroxylation sites is 1. The highest BCUT2D eigenvalue weighted by Gasteiger charge is 1.96. The Labute approximate surface area is 88.9 Å². The van der Waals surface area contributed by atoms with E-state index in [0.717, 1.165) is 5.69 Å². The van der Waals surface area contributed by atoms with E-state index in [1.807, 2.05) is 30.3 Å².